The molecule has 2 saturated heterocycles. The molecule has 1 aromatic rings. The highest BCUT2D eigenvalue weighted by Gasteiger charge is 2.41. The van der Waals surface area contributed by atoms with Crippen LogP contribution in [-0.2, 0) is 9.47 Å². The van der Waals surface area contributed by atoms with E-state index >= 15 is 0 Å². The number of benzene rings is 1. The van der Waals surface area contributed by atoms with Gasteiger partial charge in [-0.3, -0.25) is 0 Å². The molecule has 2 aliphatic heterocycles. The number of rotatable bonds is 3. The van der Waals surface area contributed by atoms with Crippen molar-refractivity contribution in [2.24, 2.45) is 0 Å². The van der Waals surface area contributed by atoms with Crippen molar-refractivity contribution in [2.45, 2.75) is 43.9 Å². The Morgan fingerprint density at radius 2 is 2.30 bits per heavy atom. The van der Waals surface area contributed by atoms with E-state index in [0.717, 1.165) is 43.6 Å². The maximum Gasteiger partial charge on any atom is 0.0951 e. The highest BCUT2D eigenvalue weighted by Crippen LogP contribution is 2.33. The number of hydrogen-bond acceptors (Lipinski definition) is 3. The van der Waals surface area contributed by atoms with Crippen molar-refractivity contribution in [1.82, 2.24) is 5.32 Å². The Labute approximate surface area is 129 Å². The number of halogens is 1. The summed E-state index contributed by atoms with van der Waals surface area (Å²) in [5.74, 6) is 0. The van der Waals surface area contributed by atoms with Gasteiger partial charge in [0.2, 0.25) is 0 Å². The predicted molar refractivity (Wildman–Crippen MR) is 82.8 cm³/mol. The average molecular weight is 340 g/mol. The third-order valence-electron chi connectivity index (χ3n) is 4.39. The Hall–Kier alpha value is -0.420. The van der Waals surface area contributed by atoms with Gasteiger partial charge in [0.05, 0.1) is 12.2 Å². The van der Waals surface area contributed by atoms with Crippen LogP contribution in [0.5, 0.6) is 0 Å². The monoisotopic (exact) mass is 339 g/mol. The third-order valence-corrected chi connectivity index (χ3v) is 4.89. The second-order valence-corrected chi connectivity index (χ2v) is 6.88. The van der Waals surface area contributed by atoms with Crippen LogP contribution in [0.4, 0.5) is 0 Å². The second kappa shape index (κ2) is 6.14. The molecule has 2 unspecified atom stereocenters. The molecule has 0 aromatic heterocycles. The Morgan fingerprint density at radius 1 is 1.40 bits per heavy atom. The fraction of sp³-hybridized carbons (Fsp3) is 0.625. The lowest BCUT2D eigenvalue weighted by Gasteiger charge is -2.38. The normalized spacial score (nSPS) is 31.6. The highest BCUT2D eigenvalue weighted by molar-refractivity contribution is 9.10. The summed E-state index contributed by atoms with van der Waals surface area (Å²) in [6.07, 6.45) is 3.18. The van der Waals surface area contributed by atoms with Crippen LogP contribution in [0.15, 0.2) is 28.7 Å². The Morgan fingerprint density at radius 3 is 3.05 bits per heavy atom. The van der Waals surface area contributed by atoms with E-state index in [1.165, 1.54) is 5.56 Å². The van der Waals surface area contributed by atoms with Crippen molar-refractivity contribution in [2.75, 3.05) is 19.8 Å². The summed E-state index contributed by atoms with van der Waals surface area (Å²) < 4.78 is 12.7. The molecule has 0 radical (unpaired) electrons. The first-order chi connectivity index (χ1) is 9.67. The molecule has 0 bridgehead atoms. The van der Waals surface area contributed by atoms with Gasteiger partial charge in [-0.2, -0.15) is 0 Å². The largest absolute Gasteiger partial charge is 0.378 e. The summed E-state index contributed by atoms with van der Waals surface area (Å²) in [6, 6.07) is 9.39. The first kappa shape index (κ1) is 14.5. The molecule has 1 aromatic carbocycles. The molecule has 0 amide bonds. The van der Waals surface area contributed by atoms with Crippen molar-refractivity contribution in [1.29, 1.82) is 0 Å². The topological polar surface area (TPSA) is 30.5 Å². The van der Waals surface area contributed by atoms with Gasteiger partial charge in [0, 0.05) is 36.2 Å². The number of ether oxygens (including phenoxy) is 2. The van der Waals surface area contributed by atoms with E-state index < -0.39 is 0 Å². The van der Waals surface area contributed by atoms with Crippen molar-refractivity contribution in [3.8, 4) is 0 Å². The zero-order valence-electron chi connectivity index (χ0n) is 11.9. The van der Waals surface area contributed by atoms with Crippen molar-refractivity contribution in [3.05, 3.63) is 34.3 Å². The van der Waals surface area contributed by atoms with Gasteiger partial charge in [0.25, 0.3) is 0 Å². The van der Waals surface area contributed by atoms with Gasteiger partial charge in [-0.05, 0) is 37.5 Å². The van der Waals surface area contributed by atoms with Crippen LogP contribution in [0.3, 0.4) is 0 Å². The van der Waals surface area contributed by atoms with Crippen LogP contribution >= 0.6 is 15.9 Å². The standard InChI is InChI=1S/C16H22BrNO2/c1-12(13-3-2-4-14(17)9-13)18-15-5-7-20-16(10-15)6-8-19-11-16/h2-4,9,12,15,18H,5-8,10-11H2,1H3/t12-,15?,16?/m0/s1. The summed E-state index contributed by atoms with van der Waals surface area (Å²) in [5.41, 5.74) is 1.30. The molecule has 1 spiro atoms. The predicted octanol–water partition coefficient (Wildman–Crippen LogP) is 3.44. The molecule has 2 heterocycles. The van der Waals surface area contributed by atoms with Gasteiger partial charge in [0.15, 0.2) is 0 Å². The molecule has 3 rings (SSSR count). The molecule has 110 valence electrons. The maximum atomic E-state index is 5.99. The maximum absolute atomic E-state index is 5.99. The molecule has 0 saturated carbocycles. The van der Waals surface area contributed by atoms with E-state index in [-0.39, 0.29) is 5.60 Å². The summed E-state index contributed by atoms with van der Waals surface area (Å²) in [6.45, 7) is 4.67. The highest BCUT2D eigenvalue weighted by atomic mass is 79.9. The molecule has 0 aliphatic carbocycles. The molecule has 2 aliphatic rings. The fourth-order valence-corrected chi connectivity index (χ4v) is 3.68. The van der Waals surface area contributed by atoms with E-state index in [9.17, 15) is 0 Å². The lowest BCUT2D eigenvalue weighted by Crippen LogP contribution is -2.48. The summed E-state index contributed by atoms with van der Waals surface area (Å²) in [7, 11) is 0. The third kappa shape index (κ3) is 3.25. The van der Waals surface area contributed by atoms with Gasteiger partial charge in [-0.25, -0.2) is 0 Å². The van der Waals surface area contributed by atoms with E-state index in [2.05, 4.69) is 52.4 Å². The number of nitrogens with one attached hydrogen (secondary N) is 1. The van der Waals surface area contributed by atoms with Crippen LogP contribution in [0.2, 0.25) is 0 Å². The lowest BCUT2D eigenvalue weighted by molar-refractivity contribution is -0.0902. The quantitative estimate of drug-likeness (QED) is 0.914. The SMILES string of the molecule is C[C@H](NC1CCOC2(CCOC2)C1)c1cccc(Br)c1. The summed E-state index contributed by atoms with van der Waals surface area (Å²) in [5, 5.41) is 3.76. The van der Waals surface area contributed by atoms with Gasteiger partial charge in [-0.15, -0.1) is 0 Å². The van der Waals surface area contributed by atoms with Gasteiger partial charge in [0.1, 0.15) is 0 Å². The fourth-order valence-electron chi connectivity index (χ4n) is 3.26. The minimum absolute atomic E-state index is 0.0209. The molecular weight excluding hydrogens is 318 g/mol. The minimum Gasteiger partial charge on any atom is -0.378 e. The number of hydrogen-bond donors (Lipinski definition) is 1. The minimum atomic E-state index is -0.0209. The Bertz CT molecular complexity index is 460. The van der Waals surface area contributed by atoms with Crippen molar-refractivity contribution in [3.63, 3.8) is 0 Å². The zero-order valence-corrected chi connectivity index (χ0v) is 13.5. The van der Waals surface area contributed by atoms with Gasteiger partial charge in [-0.1, -0.05) is 28.1 Å². The average Bonchev–Trinajstić information content (AvgIpc) is 2.87. The molecule has 20 heavy (non-hydrogen) atoms. The molecule has 4 heteroatoms. The molecule has 1 N–H and O–H groups in total. The zero-order chi connectivity index (χ0) is 14.0. The second-order valence-electron chi connectivity index (χ2n) is 5.97. The van der Waals surface area contributed by atoms with Crippen LogP contribution < -0.4 is 5.32 Å². The van der Waals surface area contributed by atoms with E-state index in [0.29, 0.717) is 12.1 Å². The van der Waals surface area contributed by atoms with Gasteiger partial charge >= 0.3 is 0 Å². The Balaban J connectivity index is 1.62. The molecule has 3 nitrogen and oxygen atoms in total. The smallest absolute Gasteiger partial charge is 0.0951 e. The van der Waals surface area contributed by atoms with Crippen LogP contribution in [0.25, 0.3) is 0 Å². The first-order valence-corrected chi connectivity index (χ1v) is 8.19. The molecule has 3 atom stereocenters. The van der Waals surface area contributed by atoms with E-state index in [1.54, 1.807) is 0 Å². The van der Waals surface area contributed by atoms with Crippen LogP contribution in [-0.4, -0.2) is 31.5 Å². The van der Waals surface area contributed by atoms with Crippen molar-refractivity contribution < 1.29 is 9.47 Å². The van der Waals surface area contributed by atoms with E-state index in [4.69, 9.17) is 9.47 Å². The summed E-state index contributed by atoms with van der Waals surface area (Å²) >= 11 is 3.54. The van der Waals surface area contributed by atoms with Crippen LogP contribution in [0, 0.1) is 0 Å². The van der Waals surface area contributed by atoms with E-state index in [1.807, 2.05) is 0 Å². The Kier molecular flexibility index (Phi) is 4.46. The summed E-state index contributed by atoms with van der Waals surface area (Å²) in [4.78, 5) is 0. The molecular formula is C16H22BrNO2. The van der Waals surface area contributed by atoms with Gasteiger partial charge < -0.3 is 14.8 Å². The molecule has 2 fully saturated rings. The first-order valence-electron chi connectivity index (χ1n) is 7.40. The van der Waals surface area contributed by atoms with Crippen molar-refractivity contribution >= 4 is 15.9 Å². The van der Waals surface area contributed by atoms with Crippen LogP contribution in [0.1, 0.15) is 37.8 Å². The lowest BCUT2D eigenvalue weighted by atomic mass is 9.89.